The Hall–Kier alpha value is -6.91. The van der Waals surface area contributed by atoms with Crippen LogP contribution in [0.5, 0.6) is 0 Å². The first kappa shape index (κ1) is 83.7. The lowest BCUT2D eigenvalue weighted by atomic mass is 9.78. The fourth-order valence-corrected chi connectivity index (χ4v) is 15.4. The summed E-state index contributed by atoms with van der Waals surface area (Å²) in [6.07, 6.45) is 14.9. The lowest BCUT2D eigenvalue weighted by molar-refractivity contribution is -0.265. The summed E-state index contributed by atoms with van der Waals surface area (Å²) in [6.45, 7) is 27.1. The Balaban J connectivity index is 0.000000314. The fraction of sp³-hybridized carbons (Fsp3) is 0.637. The molecule has 23 nitrogen and oxygen atoms in total. The van der Waals surface area contributed by atoms with Crippen molar-refractivity contribution in [1.82, 2.24) is 39.2 Å². The number of cyclic esters (lactones) is 1. The van der Waals surface area contributed by atoms with Gasteiger partial charge in [-0.25, -0.2) is 33.5 Å². The first-order valence-electron chi connectivity index (χ1n) is 37.7. The van der Waals surface area contributed by atoms with E-state index in [0.29, 0.717) is 86.1 Å². The van der Waals surface area contributed by atoms with Crippen molar-refractivity contribution >= 4 is 52.0 Å². The summed E-state index contributed by atoms with van der Waals surface area (Å²) in [5.74, 6) is -7.69. The third-order valence-corrected chi connectivity index (χ3v) is 21.7. The number of allylic oxidation sites excluding steroid dienone is 6. The quantitative estimate of drug-likeness (QED) is 0.0461. The number of benzene rings is 1. The van der Waals surface area contributed by atoms with Gasteiger partial charge in [-0.1, -0.05) is 84.1 Å². The van der Waals surface area contributed by atoms with Gasteiger partial charge in [-0.3, -0.25) is 24.1 Å². The zero-order chi connectivity index (χ0) is 76.4. The molecule has 3 aromatic heterocycles. The van der Waals surface area contributed by atoms with Crippen LogP contribution in [0.4, 0.5) is 20.5 Å². The van der Waals surface area contributed by atoms with Crippen molar-refractivity contribution in [1.29, 1.82) is 0 Å². The van der Waals surface area contributed by atoms with E-state index in [1.165, 1.54) is 18.1 Å². The molecule has 1 saturated carbocycles. The number of halogens is 2. The number of nitrogens with one attached hydrogen (secondary N) is 1. The van der Waals surface area contributed by atoms with Crippen LogP contribution in [-0.2, 0) is 58.9 Å². The average molecular weight is 1460 g/mol. The number of amides is 1. The zero-order valence-corrected chi connectivity index (χ0v) is 64.1. The number of pyridine rings is 1. The maximum Gasteiger partial charge on any atom is 0.329 e. The van der Waals surface area contributed by atoms with E-state index < -0.39 is 89.4 Å². The fourth-order valence-electron chi connectivity index (χ4n) is 15.4. The van der Waals surface area contributed by atoms with Crippen molar-refractivity contribution in [3.63, 3.8) is 0 Å². The summed E-state index contributed by atoms with van der Waals surface area (Å²) in [4.78, 5) is 94.3. The molecule has 25 heteroatoms. The van der Waals surface area contributed by atoms with Crippen molar-refractivity contribution in [2.45, 2.75) is 220 Å². The van der Waals surface area contributed by atoms with E-state index in [0.717, 1.165) is 63.0 Å². The first-order chi connectivity index (χ1) is 50.1. The number of ether oxygens (including phenoxy) is 6. The number of methoxy groups -OCH3 is 3. The monoisotopic (exact) mass is 1460 g/mol. The lowest BCUT2D eigenvalue weighted by Gasteiger charge is -2.42. The molecule has 5 aliphatic rings. The molecule has 0 spiro atoms. The van der Waals surface area contributed by atoms with Crippen LogP contribution in [0.3, 0.4) is 0 Å². The van der Waals surface area contributed by atoms with E-state index in [1.54, 1.807) is 47.1 Å². The van der Waals surface area contributed by atoms with Gasteiger partial charge in [0.05, 0.1) is 49.3 Å². The smallest absolute Gasteiger partial charge is 0.329 e. The van der Waals surface area contributed by atoms with Crippen LogP contribution in [0.25, 0.3) is 22.3 Å². The molecule has 15 atom stereocenters. The van der Waals surface area contributed by atoms with Gasteiger partial charge < -0.3 is 63.4 Å². The molecule has 2 bridgehead atoms. The molecule has 1 amide bonds. The highest BCUT2D eigenvalue weighted by atomic mass is 19.1. The van der Waals surface area contributed by atoms with E-state index >= 15 is 0 Å². The molecular weight excluding hydrogens is 1350 g/mol. The molecule has 578 valence electrons. The van der Waals surface area contributed by atoms with Gasteiger partial charge in [0.15, 0.2) is 17.4 Å². The van der Waals surface area contributed by atoms with Crippen molar-refractivity contribution in [2.75, 3.05) is 79.1 Å². The number of rotatable bonds is 16. The Bertz CT molecular complexity index is 3690. The van der Waals surface area contributed by atoms with E-state index in [2.05, 4.69) is 42.0 Å². The number of esters is 1. The topological polar surface area (TPSA) is 280 Å². The first-order valence-corrected chi connectivity index (χ1v) is 37.7. The molecule has 15 unspecified atom stereocenters. The Kier molecular flexibility index (Phi) is 31.3. The Morgan fingerprint density at radius 2 is 1.53 bits per heavy atom. The second kappa shape index (κ2) is 39.3. The normalized spacial score (nSPS) is 29.1. The minimum Gasteiger partial charge on any atom is -0.460 e. The highest BCUT2D eigenvalue weighted by molar-refractivity contribution is 6.39. The highest BCUT2D eigenvalue weighted by Gasteiger charge is 2.53. The summed E-state index contributed by atoms with van der Waals surface area (Å²) in [7, 11) is 4.58. The number of ketones is 3. The summed E-state index contributed by atoms with van der Waals surface area (Å²) in [5.41, 5.74) is 3.58. The third-order valence-electron chi connectivity index (χ3n) is 21.7. The van der Waals surface area contributed by atoms with Crippen LogP contribution in [0.2, 0.25) is 0 Å². The number of imidazole rings is 1. The maximum absolute atomic E-state index is 14.9. The highest BCUT2D eigenvalue weighted by Crippen LogP contribution is 2.39. The van der Waals surface area contributed by atoms with Crippen molar-refractivity contribution in [2.24, 2.45) is 35.5 Å². The molecule has 105 heavy (non-hydrogen) atoms. The van der Waals surface area contributed by atoms with Crippen LogP contribution in [0.15, 0.2) is 84.3 Å². The van der Waals surface area contributed by atoms with E-state index in [9.17, 15) is 48.1 Å². The summed E-state index contributed by atoms with van der Waals surface area (Å²) < 4.78 is 67.2. The zero-order valence-electron chi connectivity index (χ0n) is 64.1. The number of anilines is 2. The summed E-state index contributed by atoms with van der Waals surface area (Å²) in [6, 6.07) is 5.79. The molecule has 1 aromatic carbocycles. The van der Waals surface area contributed by atoms with Gasteiger partial charge >= 0.3 is 5.97 Å². The van der Waals surface area contributed by atoms with Gasteiger partial charge in [-0.15, -0.1) is 0 Å². The number of aryl methyl sites for hydroxylation is 1. The van der Waals surface area contributed by atoms with E-state index in [1.807, 2.05) is 102 Å². The maximum atomic E-state index is 14.9. The van der Waals surface area contributed by atoms with Gasteiger partial charge in [0, 0.05) is 109 Å². The number of likely N-dealkylation sites (N-methyl/N-ethyl adjacent to an activating group) is 1. The van der Waals surface area contributed by atoms with Crippen LogP contribution in [0, 0.1) is 54.1 Å². The Labute approximate surface area is 618 Å². The number of fused-ring (bicyclic) bond motifs is 4. The van der Waals surface area contributed by atoms with Gasteiger partial charge in [0.25, 0.3) is 11.7 Å². The number of carbonyl (C=O) groups excluding carboxylic acids is 5. The molecule has 9 rings (SSSR count). The van der Waals surface area contributed by atoms with Crippen LogP contribution >= 0.6 is 0 Å². The van der Waals surface area contributed by atoms with Crippen LogP contribution in [0.1, 0.15) is 164 Å². The number of piperidine rings is 1. The molecule has 3 saturated heterocycles. The number of aliphatic hydroxyl groups excluding tert-OH is 2. The molecule has 4 aromatic rings. The van der Waals surface area contributed by atoms with Crippen molar-refractivity contribution in [3.8, 4) is 11.3 Å². The molecule has 7 heterocycles. The predicted molar refractivity (Wildman–Crippen MR) is 397 cm³/mol. The predicted octanol–water partition coefficient (Wildman–Crippen LogP) is 11.1. The number of hydrogen-bond donors (Lipinski definition) is 4. The minimum atomic E-state index is -2.43. The number of carbonyl (C=O) groups is 5. The number of Topliss-reactive ketones (excluding diaryl/α,β-unsaturated/α-hetero) is 3. The third kappa shape index (κ3) is 21.9. The second-order valence-corrected chi connectivity index (χ2v) is 29.9. The molecule has 4 N–H and O–H groups in total. The number of piperazine rings is 1. The lowest BCUT2D eigenvalue weighted by Crippen LogP contribution is -2.61. The summed E-state index contributed by atoms with van der Waals surface area (Å²) in [5, 5.41) is 35.8. The van der Waals surface area contributed by atoms with E-state index in [4.69, 9.17) is 28.4 Å². The van der Waals surface area contributed by atoms with Crippen molar-refractivity contribution < 1.29 is 76.5 Å². The van der Waals surface area contributed by atoms with Gasteiger partial charge in [-0.2, -0.15) is 0 Å². The van der Waals surface area contributed by atoms with E-state index in [-0.39, 0.29) is 97.3 Å². The molecule has 4 aliphatic heterocycles. The Morgan fingerprint density at radius 1 is 0.790 bits per heavy atom. The van der Waals surface area contributed by atoms with Crippen molar-refractivity contribution in [3.05, 3.63) is 107 Å². The largest absolute Gasteiger partial charge is 0.460 e. The number of aromatic nitrogens is 5. The van der Waals surface area contributed by atoms with Gasteiger partial charge in [-0.05, 0) is 158 Å². The second-order valence-electron chi connectivity index (χ2n) is 29.9. The van der Waals surface area contributed by atoms with Gasteiger partial charge in [0.1, 0.15) is 53.0 Å². The molecule has 0 radical (unpaired) electrons. The number of aliphatic hydroxyl groups is 3. The van der Waals surface area contributed by atoms with Gasteiger partial charge in [0.2, 0.25) is 11.7 Å². The summed E-state index contributed by atoms with van der Waals surface area (Å²) >= 11 is 0. The molecule has 4 fully saturated rings. The van der Waals surface area contributed by atoms with Crippen LogP contribution < -0.4 is 5.32 Å². The Morgan fingerprint density at radius 3 is 2.21 bits per heavy atom. The number of hydrogen-bond acceptors (Lipinski definition) is 21. The minimum absolute atomic E-state index is 0.00954. The van der Waals surface area contributed by atoms with Crippen LogP contribution in [-0.4, -0.2) is 212 Å². The molecule has 1 aliphatic carbocycles. The molecular formula is C80H115F2N9O14. The standard InChI is InChI=1S/C53H83NO14.C27H32F2N8/c1-32-16-12-11-13-17-33(2)44(63-8)30-40-21-19-38(7)53(62,68-40)50(59)51(60)54-23-15-14-18-41(54)52(61)67-45(35(4)28-39-20-22-43(66-25-24-55)46(29-39)64-9)31-42(56)34(3)27-37(6)48(58)49(65-10)47(57)36(5)26-32;1-5-35-8-10-36(11-9-35)16-19-6-7-24(30-14-19)33-27-31-15-22(29)25(34-27)20-12-21(28)26-23(13-20)37(17(2)3)18(4)32-26/h11-13,16-17,27,32,34-36,38-41,43-46,48-49,55,58,62H,14-15,18-26,28-31H2,1-10H3;6-7,12-15,17H,5,8-11,16H2,1-4H3,(H,30,31,33,34). The SMILES string of the molecule is CCN1CCN(Cc2ccc(Nc3ncc(F)c(-c4cc(F)c5nc(C)n(C(C)C)c5c4)n3)nc2)CC1.COC1CC2CCC(C)C(O)(O2)C(=O)C(=O)N2CCCCC2C(=O)OC(C(C)CC2CCC(OCCO)C(OC)C2)CC(=O)C(C)C=C(C)C(O)C(OC)C(=O)C(C)CC(C)C=CC=CC=C1C. The number of nitrogens with zero attached hydrogens (tertiary/aromatic N) is 8. The average Bonchev–Trinajstić information content (AvgIpc) is 1.67.